The largest absolute Gasteiger partial charge is 0.306 e. The summed E-state index contributed by atoms with van der Waals surface area (Å²) in [7, 11) is 0. The predicted octanol–water partition coefficient (Wildman–Crippen LogP) is 8.19. The second-order valence-electron chi connectivity index (χ2n) is 8.88. The van der Waals surface area contributed by atoms with Crippen LogP contribution in [0, 0.1) is 0 Å². The van der Waals surface area contributed by atoms with Gasteiger partial charge in [0.2, 0.25) is 0 Å². The van der Waals surface area contributed by atoms with Crippen molar-refractivity contribution in [2.24, 2.45) is 0 Å². The SMILES string of the molecule is c1ccc(N2c3ccccc3N(c3ccccc3-c3cn(-c4ccccc4)nn3)c3ccccc32)cc1. The molecule has 176 valence electrons. The Morgan fingerprint density at radius 1 is 0.405 bits per heavy atom. The number of nitrogens with zero attached hydrogens (tertiary/aromatic N) is 5. The Morgan fingerprint density at radius 2 is 0.865 bits per heavy atom. The third-order valence-electron chi connectivity index (χ3n) is 6.68. The van der Waals surface area contributed by atoms with Crippen LogP contribution in [0.4, 0.5) is 34.1 Å². The van der Waals surface area contributed by atoms with Crippen LogP contribution in [0.5, 0.6) is 0 Å². The van der Waals surface area contributed by atoms with Gasteiger partial charge < -0.3 is 9.80 Å². The van der Waals surface area contributed by atoms with E-state index in [-0.39, 0.29) is 0 Å². The molecule has 0 aliphatic carbocycles. The van der Waals surface area contributed by atoms with Gasteiger partial charge in [-0.15, -0.1) is 5.10 Å². The number of aromatic nitrogens is 3. The smallest absolute Gasteiger partial charge is 0.115 e. The number of para-hydroxylation sites is 7. The normalized spacial score (nSPS) is 12.2. The van der Waals surface area contributed by atoms with E-state index in [9.17, 15) is 0 Å². The fourth-order valence-corrected chi connectivity index (χ4v) is 5.04. The summed E-state index contributed by atoms with van der Waals surface area (Å²) in [6.07, 6.45) is 1.99. The number of benzene rings is 5. The van der Waals surface area contributed by atoms with Crippen LogP contribution in [0.15, 0.2) is 140 Å². The van der Waals surface area contributed by atoms with Crippen molar-refractivity contribution in [1.82, 2.24) is 15.0 Å². The van der Waals surface area contributed by atoms with Crippen LogP contribution in [0.2, 0.25) is 0 Å². The molecule has 6 aromatic rings. The van der Waals surface area contributed by atoms with Gasteiger partial charge in [-0.05, 0) is 54.6 Å². The van der Waals surface area contributed by atoms with Gasteiger partial charge in [0.25, 0.3) is 0 Å². The lowest BCUT2D eigenvalue weighted by Gasteiger charge is -2.40. The number of rotatable bonds is 4. The fraction of sp³-hybridized carbons (Fsp3) is 0. The van der Waals surface area contributed by atoms with Crippen molar-refractivity contribution in [2.75, 3.05) is 9.80 Å². The second-order valence-corrected chi connectivity index (χ2v) is 8.88. The molecule has 1 aliphatic rings. The highest BCUT2D eigenvalue weighted by molar-refractivity contribution is 6.03. The van der Waals surface area contributed by atoms with E-state index >= 15 is 0 Å². The lowest BCUT2D eigenvalue weighted by molar-refractivity contribution is 0.804. The maximum absolute atomic E-state index is 4.57. The van der Waals surface area contributed by atoms with Gasteiger partial charge in [-0.25, -0.2) is 4.68 Å². The summed E-state index contributed by atoms with van der Waals surface area (Å²) in [5, 5.41) is 9.00. The Bertz CT molecular complexity index is 1640. The minimum absolute atomic E-state index is 0.819. The third kappa shape index (κ3) is 3.56. The molecule has 0 saturated heterocycles. The summed E-state index contributed by atoms with van der Waals surface area (Å²) in [6.45, 7) is 0. The topological polar surface area (TPSA) is 37.2 Å². The molecule has 7 rings (SSSR count). The Labute approximate surface area is 215 Å². The molecular formula is C32H23N5. The molecular weight excluding hydrogens is 454 g/mol. The maximum atomic E-state index is 4.57. The third-order valence-corrected chi connectivity index (χ3v) is 6.68. The Morgan fingerprint density at radius 3 is 1.46 bits per heavy atom. The van der Waals surface area contributed by atoms with E-state index in [0.29, 0.717) is 0 Å². The zero-order valence-electron chi connectivity index (χ0n) is 20.0. The highest BCUT2D eigenvalue weighted by Gasteiger charge is 2.31. The summed E-state index contributed by atoms with van der Waals surface area (Å²) in [6, 6.07) is 46.1. The summed E-state index contributed by atoms with van der Waals surface area (Å²) in [5.74, 6) is 0. The maximum Gasteiger partial charge on any atom is 0.115 e. The van der Waals surface area contributed by atoms with E-state index in [1.807, 2.05) is 41.2 Å². The molecule has 37 heavy (non-hydrogen) atoms. The summed E-state index contributed by atoms with van der Waals surface area (Å²) < 4.78 is 1.82. The highest BCUT2D eigenvalue weighted by Crippen LogP contribution is 2.55. The summed E-state index contributed by atoms with van der Waals surface area (Å²) in [5.41, 5.74) is 9.44. The van der Waals surface area contributed by atoms with E-state index in [4.69, 9.17) is 0 Å². The van der Waals surface area contributed by atoms with Gasteiger partial charge in [0.1, 0.15) is 5.69 Å². The number of hydrogen-bond acceptors (Lipinski definition) is 4. The summed E-state index contributed by atoms with van der Waals surface area (Å²) in [4.78, 5) is 4.66. The van der Waals surface area contributed by atoms with E-state index in [2.05, 4.69) is 123 Å². The van der Waals surface area contributed by atoms with E-state index in [1.165, 1.54) is 0 Å². The number of hydrogen-bond donors (Lipinski definition) is 0. The first kappa shape index (κ1) is 21.1. The van der Waals surface area contributed by atoms with Crippen molar-refractivity contribution in [3.8, 4) is 16.9 Å². The van der Waals surface area contributed by atoms with Crippen molar-refractivity contribution in [3.05, 3.63) is 140 Å². The van der Waals surface area contributed by atoms with Gasteiger partial charge in [0.05, 0.1) is 40.3 Å². The van der Waals surface area contributed by atoms with Crippen molar-refractivity contribution >= 4 is 34.1 Å². The fourth-order valence-electron chi connectivity index (χ4n) is 5.04. The van der Waals surface area contributed by atoms with Crippen LogP contribution < -0.4 is 9.80 Å². The minimum Gasteiger partial charge on any atom is -0.306 e. The molecule has 5 heteroatoms. The van der Waals surface area contributed by atoms with Crippen molar-refractivity contribution < 1.29 is 0 Å². The van der Waals surface area contributed by atoms with Crippen molar-refractivity contribution in [2.45, 2.75) is 0 Å². The van der Waals surface area contributed by atoms with Crippen LogP contribution in [0.3, 0.4) is 0 Å². The van der Waals surface area contributed by atoms with Gasteiger partial charge in [-0.1, -0.05) is 84.1 Å². The first-order valence-corrected chi connectivity index (χ1v) is 12.3. The van der Waals surface area contributed by atoms with E-state index in [1.54, 1.807) is 0 Å². The number of anilines is 6. The molecule has 2 heterocycles. The van der Waals surface area contributed by atoms with Crippen LogP contribution in [-0.2, 0) is 0 Å². The molecule has 0 spiro atoms. The van der Waals surface area contributed by atoms with Gasteiger partial charge in [0.15, 0.2) is 0 Å². The van der Waals surface area contributed by atoms with Crippen molar-refractivity contribution in [3.63, 3.8) is 0 Å². The van der Waals surface area contributed by atoms with E-state index < -0.39 is 0 Å². The molecule has 5 nitrogen and oxygen atoms in total. The highest BCUT2D eigenvalue weighted by atomic mass is 15.4. The van der Waals surface area contributed by atoms with Crippen LogP contribution in [0.25, 0.3) is 16.9 Å². The summed E-state index contributed by atoms with van der Waals surface area (Å²) >= 11 is 0. The van der Waals surface area contributed by atoms with Crippen LogP contribution >= 0.6 is 0 Å². The van der Waals surface area contributed by atoms with E-state index in [0.717, 1.165) is 51.1 Å². The molecule has 0 N–H and O–H groups in total. The predicted molar refractivity (Wildman–Crippen MR) is 150 cm³/mol. The van der Waals surface area contributed by atoms with Gasteiger partial charge in [-0.2, -0.15) is 0 Å². The average molecular weight is 478 g/mol. The second kappa shape index (κ2) is 8.81. The monoisotopic (exact) mass is 477 g/mol. The van der Waals surface area contributed by atoms with Gasteiger partial charge in [0, 0.05) is 11.3 Å². The van der Waals surface area contributed by atoms with Crippen molar-refractivity contribution in [1.29, 1.82) is 0 Å². The molecule has 0 atom stereocenters. The lowest BCUT2D eigenvalue weighted by Crippen LogP contribution is -2.24. The molecule has 1 aromatic heterocycles. The zero-order chi connectivity index (χ0) is 24.6. The molecule has 0 unspecified atom stereocenters. The Hall–Kier alpha value is -5.16. The quantitative estimate of drug-likeness (QED) is 0.256. The molecule has 0 saturated carbocycles. The first-order chi connectivity index (χ1) is 18.4. The first-order valence-electron chi connectivity index (χ1n) is 12.3. The molecule has 0 bridgehead atoms. The lowest BCUT2D eigenvalue weighted by atomic mass is 10.0. The average Bonchev–Trinajstić information content (AvgIpc) is 3.47. The zero-order valence-corrected chi connectivity index (χ0v) is 20.0. The molecule has 0 amide bonds. The van der Waals surface area contributed by atoms with Crippen LogP contribution in [-0.4, -0.2) is 15.0 Å². The Balaban J connectivity index is 1.42. The Kier molecular flexibility index (Phi) is 5.03. The molecule has 0 radical (unpaired) electrons. The standard InChI is InChI=1S/C32H23N5/c1-3-13-24(14-4-1)35-23-27(33-34-35)26-17-7-8-18-28(26)37-31-21-11-9-19-29(31)36(25-15-5-2-6-16-25)30-20-10-12-22-32(30)37/h1-23H. The van der Waals surface area contributed by atoms with Crippen LogP contribution in [0.1, 0.15) is 0 Å². The minimum atomic E-state index is 0.819. The molecule has 5 aromatic carbocycles. The van der Waals surface area contributed by atoms with Gasteiger partial charge >= 0.3 is 0 Å². The molecule has 0 fully saturated rings. The van der Waals surface area contributed by atoms with Gasteiger partial charge in [-0.3, -0.25) is 0 Å². The number of fused-ring (bicyclic) bond motifs is 2. The molecule has 1 aliphatic heterocycles.